The van der Waals surface area contributed by atoms with Crippen molar-refractivity contribution in [3.05, 3.63) is 52.8 Å². The van der Waals surface area contributed by atoms with Crippen molar-refractivity contribution in [3.63, 3.8) is 0 Å². The van der Waals surface area contributed by atoms with E-state index in [0.29, 0.717) is 0 Å². The minimum atomic E-state index is 0.0511. The van der Waals surface area contributed by atoms with Crippen LogP contribution in [-0.2, 0) is 13.0 Å². The first-order chi connectivity index (χ1) is 9.24. The van der Waals surface area contributed by atoms with Crippen LogP contribution in [0.4, 0.5) is 0 Å². The van der Waals surface area contributed by atoms with E-state index in [1.165, 1.54) is 5.56 Å². The first kappa shape index (κ1) is 14.1. The van der Waals surface area contributed by atoms with Crippen molar-refractivity contribution in [3.8, 4) is 0 Å². The zero-order valence-corrected chi connectivity index (χ0v) is 11.8. The van der Waals surface area contributed by atoms with Crippen molar-refractivity contribution in [1.29, 1.82) is 0 Å². The summed E-state index contributed by atoms with van der Waals surface area (Å²) in [5, 5.41) is 5.08. The van der Waals surface area contributed by atoms with Gasteiger partial charge in [-0.1, -0.05) is 30.7 Å². The molecule has 4 nitrogen and oxygen atoms in total. The molecule has 19 heavy (non-hydrogen) atoms. The first-order valence-electron chi connectivity index (χ1n) is 6.47. The molecule has 1 unspecified atom stereocenters. The maximum Gasteiger partial charge on any atom is 0.0669 e. The number of aryl methyl sites for hydroxylation is 1. The van der Waals surface area contributed by atoms with Crippen LogP contribution in [0.1, 0.15) is 30.6 Å². The highest BCUT2D eigenvalue weighted by atomic mass is 35.5. The second kappa shape index (κ2) is 6.70. The fourth-order valence-corrected chi connectivity index (χ4v) is 2.27. The van der Waals surface area contributed by atoms with E-state index < -0.39 is 0 Å². The Balaban J connectivity index is 2.15. The van der Waals surface area contributed by atoms with E-state index in [2.05, 4.69) is 17.4 Å². The lowest BCUT2D eigenvalue weighted by Gasteiger charge is -2.17. The second-order valence-corrected chi connectivity index (χ2v) is 4.97. The molecule has 2 aromatic rings. The van der Waals surface area contributed by atoms with Gasteiger partial charge in [-0.05, 0) is 36.6 Å². The third-order valence-electron chi connectivity index (χ3n) is 3.10. The highest BCUT2D eigenvalue weighted by molar-refractivity contribution is 6.30. The van der Waals surface area contributed by atoms with Gasteiger partial charge in [0.1, 0.15) is 0 Å². The summed E-state index contributed by atoms with van der Waals surface area (Å²) in [6.45, 7) is 3.04. The van der Waals surface area contributed by atoms with E-state index in [9.17, 15) is 0 Å². The Kier molecular flexibility index (Phi) is 4.96. The molecule has 0 saturated carbocycles. The normalized spacial score (nSPS) is 12.6. The van der Waals surface area contributed by atoms with Crippen molar-refractivity contribution in [2.24, 2.45) is 5.84 Å². The van der Waals surface area contributed by atoms with Gasteiger partial charge in [-0.3, -0.25) is 16.0 Å². The van der Waals surface area contributed by atoms with E-state index in [0.717, 1.165) is 30.1 Å². The Morgan fingerprint density at radius 2 is 2.05 bits per heavy atom. The lowest BCUT2D eigenvalue weighted by molar-refractivity contribution is 0.478. The number of nitrogens with two attached hydrogens (primary N) is 1. The van der Waals surface area contributed by atoms with Gasteiger partial charge in [0.2, 0.25) is 0 Å². The SMILES string of the molecule is CCCn1nccc1C(Cc1ccc(Cl)cc1)NN. The number of hydrazine groups is 1. The fraction of sp³-hybridized carbons (Fsp3) is 0.357. The summed E-state index contributed by atoms with van der Waals surface area (Å²) < 4.78 is 2.00. The number of hydrogen-bond acceptors (Lipinski definition) is 3. The van der Waals surface area contributed by atoms with Crippen LogP contribution in [0.2, 0.25) is 5.02 Å². The Morgan fingerprint density at radius 3 is 2.68 bits per heavy atom. The molecule has 0 aliphatic heterocycles. The standard InChI is InChI=1S/C14H19ClN4/c1-2-9-19-14(7-8-17-19)13(18-16)10-11-3-5-12(15)6-4-11/h3-8,13,18H,2,9-10,16H2,1H3. The summed E-state index contributed by atoms with van der Waals surface area (Å²) in [7, 11) is 0. The smallest absolute Gasteiger partial charge is 0.0669 e. The summed E-state index contributed by atoms with van der Waals surface area (Å²) in [5.41, 5.74) is 5.17. The predicted molar refractivity (Wildman–Crippen MR) is 77.7 cm³/mol. The van der Waals surface area contributed by atoms with Crippen LogP contribution in [-0.4, -0.2) is 9.78 Å². The molecule has 5 heteroatoms. The van der Waals surface area contributed by atoms with Crippen molar-refractivity contribution < 1.29 is 0 Å². The van der Waals surface area contributed by atoms with Gasteiger partial charge in [-0.2, -0.15) is 5.10 Å². The Bertz CT molecular complexity index is 506. The van der Waals surface area contributed by atoms with E-state index in [1.54, 1.807) is 0 Å². The van der Waals surface area contributed by atoms with E-state index >= 15 is 0 Å². The number of aromatic nitrogens is 2. The highest BCUT2D eigenvalue weighted by Crippen LogP contribution is 2.19. The molecule has 1 heterocycles. The van der Waals surface area contributed by atoms with Crippen LogP contribution in [0.5, 0.6) is 0 Å². The molecular formula is C14H19ClN4. The number of benzene rings is 1. The third kappa shape index (κ3) is 3.56. The molecule has 0 aliphatic carbocycles. The van der Waals surface area contributed by atoms with Gasteiger partial charge in [0.25, 0.3) is 0 Å². The summed E-state index contributed by atoms with van der Waals surface area (Å²) in [6.07, 6.45) is 3.67. The minimum absolute atomic E-state index is 0.0511. The molecule has 0 bridgehead atoms. The fourth-order valence-electron chi connectivity index (χ4n) is 2.14. The van der Waals surface area contributed by atoms with E-state index in [-0.39, 0.29) is 6.04 Å². The molecule has 3 N–H and O–H groups in total. The number of nitrogens with one attached hydrogen (secondary N) is 1. The molecule has 0 saturated heterocycles. The molecule has 0 spiro atoms. The largest absolute Gasteiger partial charge is 0.271 e. The lowest BCUT2D eigenvalue weighted by Crippen LogP contribution is -2.31. The molecule has 1 aromatic heterocycles. The number of hydrogen-bond donors (Lipinski definition) is 2. The summed E-state index contributed by atoms with van der Waals surface area (Å²) in [6, 6.07) is 9.90. The molecule has 102 valence electrons. The quantitative estimate of drug-likeness (QED) is 0.631. The second-order valence-electron chi connectivity index (χ2n) is 4.53. The number of halogens is 1. The molecule has 1 atom stereocenters. The maximum atomic E-state index is 5.89. The number of nitrogens with zero attached hydrogens (tertiary/aromatic N) is 2. The number of rotatable bonds is 6. The van der Waals surface area contributed by atoms with Crippen molar-refractivity contribution in [2.75, 3.05) is 0 Å². The third-order valence-corrected chi connectivity index (χ3v) is 3.35. The maximum absolute atomic E-state index is 5.89. The van der Waals surface area contributed by atoms with Crippen molar-refractivity contribution in [1.82, 2.24) is 15.2 Å². The van der Waals surface area contributed by atoms with Crippen LogP contribution in [0.15, 0.2) is 36.5 Å². The first-order valence-corrected chi connectivity index (χ1v) is 6.84. The Morgan fingerprint density at radius 1 is 1.32 bits per heavy atom. The minimum Gasteiger partial charge on any atom is -0.271 e. The van der Waals surface area contributed by atoms with E-state index in [4.69, 9.17) is 17.4 Å². The van der Waals surface area contributed by atoms with Crippen LogP contribution in [0, 0.1) is 0 Å². The molecule has 0 radical (unpaired) electrons. The molecular weight excluding hydrogens is 260 g/mol. The van der Waals surface area contributed by atoms with Crippen LogP contribution in [0.3, 0.4) is 0 Å². The average molecular weight is 279 g/mol. The average Bonchev–Trinajstić information content (AvgIpc) is 2.87. The summed E-state index contributed by atoms with van der Waals surface area (Å²) in [4.78, 5) is 0. The zero-order chi connectivity index (χ0) is 13.7. The molecule has 0 amide bonds. The zero-order valence-electron chi connectivity index (χ0n) is 11.0. The van der Waals surface area contributed by atoms with Gasteiger partial charge < -0.3 is 0 Å². The lowest BCUT2D eigenvalue weighted by atomic mass is 10.0. The van der Waals surface area contributed by atoms with Gasteiger partial charge in [0, 0.05) is 17.8 Å². The van der Waals surface area contributed by atoms with Gasteiger partial charge in [-0.25, -0.2) is 0 Å². The van der Waals surface area contributed by atoms with Gasteiger partial charge in [0.15, 0.2) is 0 Å². The summed E-state index contributed by atoms with van der Waals surface area (Å²) >= 11 is 5.89. The van der Waals surface area contributed by atoms with Crippen molar-refractivity contribution in [2.45, 2.75) is 32.4 Å². The van der Waals surface area contributed by atoms with Crippen LogP contribution >= 0.6 is 11.6 Å². The molecule has 0 aliphatic rings. The van der Waals surface area contributed by atoms with Crippen LogP contribution < -0.4 is 11.3 Å². The Hall–Kier alpha value is -1.36. The predicted octanol–water partition coefficient (Wildman–Crippen LogP) is 2.69. The molecule has 0 fully saturated rings. The topological polar surface area (TPSA) is 55.9 Å². The van der Waals surface area contributed by atoms with Crippen molar-refractivity contribution >= 4 is 11.6 Å². The van der Waals surface area contributed by atoms with Gasteiger partial charge in [-0.15, -0.1) is 0 Å². The van der Waals surface area contributed by atoms with Gasteiger partial charge >= 0.3 is 0 Å². The van der Waals surface area contributed by atoms with Crippen LogP contribution in [0.25, 0.3) is 0 Å². The molecule has 1 aromatic carbocycles. The monoisotopic (exact) mass is 278 g/mol. The molecule has 2 rings (SSSR count). The van der Waals surface area contributed by atoms with E-state index in [1.807, 2.05) is 41.2 Å². The summed E-state index contributed by atoms with van der Waals surface area (Å²) in [5.74, 6) is 5.69. The Labute approximate surface area is 118 Å². The van der Waals surface area contributed by atoms with Gasteiger partial charge in [0.05, 0.1) is 11.7 Å². The highest BCUT2D eigenvalue weighted by Gasteiger charge is 2.15.